The number of rotatable bonds is 6. The Bertz CT molecular complexity index is 457. The van der Waals surface area contributed by atoms with Crippen LogP contribution < -0.4 is 10.6 Å². The molecule has 0 aromatic carbocycles. The molecule has 0 aliphatic heterocycles. The molecule has 1 saturated carbocycles. The third-order valence-corrected chi connectivity index (χ3v) is 3.67. The third-order valence-electron chi connectivity index (χ3n) is 3.67. The van der Waals surface area contributed by atoms with E-state index in [0.29, 0.717) is 24.2 Å². The summed E-state index contributed by atoms with van der Waals surface area (Å²) >= 11 is 0. The molecular formula is C15H25N5O. The average molecular weight is 291 g/mol. The van der Waals surface area contributed by atoms with E-state index in [0.717, 1.165) is 19.4 Å². The monoisotopic (exact) mass is 291 g/mol. The fraction of sp³-hybridized carbons (Fsp3) is 0.667. The first kappa shape index (κ1) is 15.7. The number of hydrogen-bond donors (Lipinski definition) is 2. The summed E-state index contributed by atoms with van der Waals surface area (Å²) in [7, 11) is 3.95. The first-order valence-electron chi connectivity index (χ1n) is 7.67. The van der Waals surface area contributed by atoms with E-state index in [1.165, 1.54) is 19.3 Å². The van der Waals surface area contributed by atoms with E-state index in [1.807, 2.05) is 19.0 Å². The molecule has 1 amide bonds. The van der Waals surface area contributed by atoms with E-state index in [1.54, 1.807) is 12.3 Å². The highest BCUT2D eigenvalue weighted by molar-refractivity contribution is 5.92. The predicted molar refractivity (Wildman–Crippen MR) is 83.4 cm³/mol. The van der Waals surface area contributed by atoms with Crippen LogP contribution in [0.4, 0.5) is 5.95 Å². The van der Waals surface area contributed by atoms with E-state index in [9.17, 15) is 4.79 Å². The number of nitrogens with zero attached hydrogens (tertiary/aromatic N) is 3. The molecule has 1 fully saturated rings. The Morgan fingerprint density at radius 1 is 1.33 bits per heavy atom. The maximum Gasteiger partial charge on any atom is 0.270 e. The Morgan fingerprint density at radius 3 is 2.81 bits per heavy atom. The van der Waals surface area contributed by atoms with Crippen molar-refractivity contribution < 1.29 is 4.79 Å². The van der Waals surface area contributed by atoms with Crippen LogP contribution in [0.5, 0.6) is 0 Å². The molecule has 0 radical (unpaired) electrons. The standard InChI is InChI=1S/C15H25N5O/c1-20(2)11-10-16-14(21)13-8-9-17-15(19-13)18-12-6-4-3-5-7-12/h8-9,12H,3-7,10-11H2,1-2H3,(H,16,21)(H,17,18,19). The summed E-state index contributed by atoms with van der Waals surface area (Å²) in [5.41, 5.74) is 0.419. The molecule has 2 N–H and O–H groups in total. The summed E-state index contributed by atoms with van der Waals surface area (Å²) in [6.07, 6.45) is 7.77. The lowest BCUT2D eigenvalue weighted by atomic mass is 9.96. The summed E-state index contributed by atoms with van der Waals surface area (Å²) in [5.74, 6) is 0.410. The van der Waals surface area contributed by atoms with Crippen molar-refractivity contribution in [2.45, 2.75) is 38.1 Å². The minimum absolute atomic E-state index is 0.147. The Balaban J connectivity index is 1.88. The number of anilines is 1. The van der Waals surface area contributed by atoms with Gasteiger partial charge >= 0.3 is 0 Å². The third kappa shape index (κ3) is 5.30. The molecule has 6 heteroatoms. The van der Waals surface area contributed by atoms with Gasteiger partial charge in [-0.1, -0.05) is 19.3 Å². The zero-order chi connectivity index (χ0) is 15.1. The molecule has 0 spiro atoms. The molecule has 116 valence electrons. The number of carbonyl (C=O) groups excluding carboxylic acids is 1. The SMILES string of the molecule is CN(C)CCNC(=O)c1ccnc(NC2CCCCC2)n1. The number of hydrogen-bond acceptors (Lipinski definition) is 5. The molecule has 1 aliphatic rings. The van der Waals surface area contributed by atoms with Gasteiger partial charge in [0.2, 0.25) is 5.95 Å². The summed E-state index contributed by atoms with van der Waals surface area (Å²) in [4.78, 5) is 22.6. The van der Waals surface area contributed by atoms with E-state index in [2.05, 4.69) is 20.6 Å². The summed E-state index contributed by atoms with van der Waals surface area (Å²) in [5, 5.41) is 6.20. The van der Waals surface area contributed by atoms with Crippen molar-refractivity contribution in [3.05, 3.63) is 18.0 Å². The first-order valence-corrected chi connectivity index (χ1v) is 7.67. The summed E-state index contributed by atoms with van der Waals surface area (Å²) in [6.45, 7) is 1.42. The van der Waals surface area contributed by atoms with Crippen LogP contribution in [0.25, 0.3) is 0 Å². The normalized spacial score (nSPS) is 16.0. The van der Waals surface area contributed by atoms with Crippen molar-refractivity contribution >= 4 is 11.9 Å². The highest BCUT2D eigenvalue weighted by atomic mass is 16.1. The molecule has 1 heterocycles. The molecule has 21 heavy (non-hydrogen) atoms. The smallest absolute Gasteiger partial charge is 0.270 e. The van der Waals surface area contributed by atoms with E-state index in [4.69, 9.17) is 0 Å². The zero-order valence-electron chi connectivity index (χ0n) is 12.9. The number of aromatic nitrogens is 2. The molecule has 1 aliphatic carbocycles. The van der Waals surface area contributed by atoms with Crippen LogP contribution in [0.15, 0.2) is 12.3 Å². The molecule has 0 unspecified atom stereocenters. The lowest BCUT2D eigenvalue weighted by Crippen LogP contribution is -2.32. The molecular weight excluding hydrogens is 266 g/mol. The lowest BCUT2D eigenvalue weighted by molar-refractivity contribution is 0.0946. The van der Waals surface area contributed by atoms with Crippen LogP contribution in [0.3, 0.4) is 0 Å². The number of carbonyl (C=O) groups is 1. The van der Waals surface area contributed by atoms with Gasteiger partial charge in [0, 0.05) is 25.3 Å². The minimum atomic E-state index is -0.147. The number of likely N-dealkylation sites (N-methyl/N-ethyl adjacent to an activating group) is 1. The van der Waals surface area contributed by atoms with Gasteiger partial charge in [-0.15, -0.1) is 0 Å². The molecule has 2 rings (SSSR count). The van der Waals surface area contributed by atoms with Crippen molar-refractivity contribution in [3.8, 4) is 0 Å². The number of amides is 1. The van der Waals surface area contributed by atoms with Gasteiger partial charge in [-0.05, 0) is 33.0 Å². The van der Waals surface area contributed by atoms with E-state index >= 15 is 0 Å². The average Bonchev–Trinajstić information content (AvgIpc) is 2.48. The first-order chi connectivity index (χ1) is 10.1. The van der Waals surface area contributed by atoms with Gasteiger partial charge in [-0.25, -0.2) is 9.97 Å². The van der Waals surface area contributed by atoms with Crippen molar-refractivity contribution in [1.29, 1.82) is 0 Å². The van der Waals surface area contributed by atoms with Crippen LogP contribution in [0.1, 0.15) is 42.6 Å². The van der Waals surface area contributed by atoms with E-state index in [-0.39, 0.29) is 5.91 Å². The fourth-order valence-corrected chi connectivity index (χ4v) is 2.47. The molecule has 1 aromatic rings. The second kappa shape index (κ2) is 7.93. The maximum absolute atomic E-state index is 12.0. The second-order valence-electron chi connectivity index (χ2n) is 5.80. The van der Waals surface area contributed by atoms with Crippen LogP contribution in [0, 0.1) is 0 Å². The zero-order valence-corrected chi connectivity index (χ0v) is 12.9. The largest absolute Gasteiger partial charge is 0.351 e. The quantitative estimate of drug-likeness (QED) is 0.831. The topological polar surface area (TPSA) is 70.2 Å². The summed E-state index contributed by atoms with van der Waals surface area (Å²) < 4.78 is 0. The van der Waals surface area contributed by atoms with Crippen molar-refractivity contribution in [1.82, 2.24) is 20.2 Å². The van der Waals surface area contributed by atoms with Gasteiger partial charge in [-0.2, -0.15) is 0 Å². The van der Waals surface area contributed by atoms with Gasteiger partial charge < -0.3 is 15.5 Å². The molecule has 1 aromatic heterocycles. The van der Waals surface area contributed by atoms with Gasteiger partial charge in [0.15, 0.2) is 0 Å². The van der Waals surface area contributed by atoms with Crippen LogP contribution in [0.2, 0.25) is 0 Å². The highest BCUT2D eigenvalue weighted by Gasteiger charge is 2.15. The van der Waals surface area contributed by atoms with E-state index < -0.39 is 0 Å². The molecule has 0 saturated heterocycles. The van der Waals surface area contributed by atoms with Gasteiger partial charge in [0.1, 0.15) is 5.69 Å². The van der Waals surface area contributed by atoms with Crippen molar-refractivity contribution in [2.24, 2.45) is 0 Å². The van der Waals surface area contributed by atoms with Crippen LogP contribution >= 0.6 is 0 Å². The lowest BCUT2D eigenvalue weighted by Gasteiger charge is -2.22. The Hall–Kier alpha value is -1.69. The Morgan fingerprint density at radius 2 is 2.10 bits per heavy atom. The van der Waals surface area contributed by atoms with Crippen molar-refractivity contribution in [3.63, 3.8) is 0 Å². The van der Waals surface area contributed by atoms with Gasteiger partial charge in [0.25, 0.3) is 5.91 Å². The summed E-state index contributed by atoms with van der Waals surface area (Å²) in [6, 6.07) is 2.09. The molecule has 0 bridgehead atoms. The Kier molecular flexibility index (Phi) is 5.92. The van der Waals surface area contributed by atoms with Gasteiger partial charge in [-0.3, -0.25) is 4.79 Å². The highest BCUT2D eigenvalue weighted by Crippen LogP contribution is 2.20. The predicted octanol–water partition coefficient (Wildman–Crippen LogP) is 1.51. The second-order valence-corrected chi connectivity index (χ2v) is 5.80. The molecule has 6 nitrogen and oxygen atoms in total. The van der Waals surface area contributed by atoms with Crippen LogP contribution in [-0.2, 0) is 0 Å². The van der Waals surface area contributed by atoms with Gasteiger partial charge in [0.05, 0.1) is 0 Å². The fourth-order valence-electron chi connectivity index (χ4n) is 2.47. The molecule has 0 atom stereocenters. The maximum atomic E-state index is 12.0. The van der Waals surface area contributed by atoms with Crippen molar-refractivity contribution in [2.75, 3.05) is 32.5 Å². The Labute approximate surface area is 126 Å². The minimum Gasteiger partial charge on any atom is -0.351 e. The number of nitrogens with one attached hydrogen (secondary N) is 2. The van der Waals surface area contributed by atoms with Crippen LogP contribution in [-0.4, -0.2) is 54.0 Å².